The Bertz CT molecular complexity index is 833. The van der Waals surface area contributed by atoms with Gasteiger partial charge in [-0.1, -0.05) is 30.3 Å². The molecule has 8 heteroatoms. The highest BCUT2D eigenvalue weighted by Gasteiger charge is 2.51. The van der Waals surface area contributed by atoms with Crippen LogP contribution in [0.2, 0.25) is 0 Å². The van der Waals surface area contributed by atoms with E-state index in [-0.39, 0.29) is 6.61 Å². The van der Waals surface area contributed by atoms with E-state index in [1.165, 1.54) is 10.5 Å². The lowest BCUT2D eigenvalue weighted by molar-refractivity contribution is -0.167. The molecule has 0 saturated carbocycles. The van der Waals surface area contributed by atoms with Gasteiger partial charge in [-0.3, -0.25) is 14.6 Å². The predicted octanol–water partition coefficient (Wildman–Crippen LogP) is 4.16. The Labute approximate surface area is 203 Å². The molecule has 1 aromatic rings. The molecule has 1 fully saturated rings. The van der Waals surface area contributed by atoms with Crippen LogP contribution in [0.5, 0.6) is 0 Å². The molecule has 1 aromatic carbocycles. The fourth-order valence-corrected chi connectivity index (χ4v) is 3.98. The SMILES string of the molecule is CCOC(=O)C1(N(CC(=O)OC(C)(C)C)C(=O)OC(C)(C)C)CCN(Cc2ccccc2)CC1. The summed E-state index contributed by atoms with van der Waals surface area (Å²) in [5, 5.41) is 0. The molecule has 0 spiro atoms. The quantitative estimate of drug-likeness (QED) is 0.431. The van der Waals surface area contributed by atoms with Crippen LogP contribution in [-0.4, -0.2) is 70.8 Å². The number of esters is 2. The zero-order valence-electron chi connectivity index (χ0n) is 21.7. The van der Waals surface area contributed by atoms with Crippen molar-refractivity contribution in [2.45, 2.75) is 84.6 Å². The molecule has 0 radical (unpaired) electrons. The number of benzene rings is 1. The molecule has 0 atom stereocenters. The Balaban J connectivity index is 2.33. The van der Waals surface area contributed by atoms with Gasteiger partial charge in [-0.2, -0.15) is 0 Å². The lowest BCUT2D eigenvalue weighted by Gasteiger charge is -2.46. The van der Waals surface area contributed by atoms with E-state index in [9.17, 15) is 14.4 Å². The number of carbonyl (C=O) groups is 3. The van der Waals surface area contributed by atoms with Gasteiger partial charge in [0.2, 0.25) is 0 Å². The topological polar surface area (TPSA) is 85.4 Å². The summed E-state index contributed by atoms with van der Waals surface area (Å²) in [6, 6.07) is 10.1. The van der Waals surface area contributed by atoms with Crippen LogP contribution in [0.15, 0.2) is 30.3 Å². The van der Waals surface area contributed by atoms with Crippen LogP contribution < -0.4 is 0 Å². The van der Waals surface area contributed by atoms with Gasteiger partial charge in [0.05, 0.1) is 6.61 Å². The minimum atomic E-state index is -1.32. The van der Waals surface area contributed by atoms with Gasteiger partial charge in [-0.15, -0.1) is 0 Å². The van der Waals surface area contributed by atoms with E-state index in [1.807, 2.05) is 18.2 Å². The maximum absolute atomic E-state index is 13.3. The maximum Gasteiger partial charge on any atom is 0.411 e. The van der Waals surface area contributed by atoms with Gasteiger partial charge >= 0.3 is 18.0 Å². The van der Waals surface area contributed by atoms with Crippen molar-refractivity contribution in [1.82, 2.24) is 9.80 Å². The highest BCUT2D eigenvalue weighted by molar-refractivity contribution is 5.88. The summed E-state index contributed by atoms with van der Waals surface area (Å²) in [5.41, 5.74) is -1.67. The molecule has 34 heavy (non-hydrogen) atoms. The summed E-state index contributed by atoms with van der Waals surface area (Å²) in [7, 11) is 0. The second-order valence-electron chi connectivity index (χ2n) is 10.7. The first-order valence-electron chi connectivity index (χ1n) is 11.9. The Hall–Kier alpha value is -2.61. The van der Waals surface area contributed by atoms with E-state index in [2.05, 4.69) is 17.0 Å². The zero-order valence-corrected chi connectivity index (χ0v) is 21.7. The van der Waals surface area contributed by atoms with Crippen LogP contribution in [0.25, 0.3) is 0 Å². The molecule has 1 aliphatic heterocycles. The Morgan fingerprint density at radius 1 is 0.941 bits per heavy atom. The summed E-state index contributed by atoms with van der Waals surface area (Å²) in [6.45, 7) is 13.8. The van der Waals surface area contributed by atoms with E-state index in [0.29, 0.717) is 25.9 Å². The summed E-state index contributed by atoms with van der Waals surface area (Å²) in [5.74, 6) is -1.13. The number of likely N-dealkylation sites (tertiary alicyclic amines) is 1. The third-order valence-electron chi connectivity index (χ3n) is 5.43. The maximum atomic E-state index is 13.3. The zero-order chi connectivity index (χ0) is 25.6. The number of rotatable bonds is 7. The number of carbonyl (C=O) groups excluding carboxylic acids is 3. The van der Waals surface area contributed by atoms with Crippen molar-refractivity contribution < 1.29 is 28.6 Å². The average Bonchev–Trinajstić information content (AvgIpc) is 2.71. The van der Waals surface area contributed by atoms with Gasteiger partial charge < -0.3 is 14.2 Å². The average molecular weight is 477 g/mol. The Morgan fingerprint density at radius 3 is 2.00 bits per heavy atom. The van der Waals surface area contributed by atoms with Gasteiger partial charge in [-0.25, -0.2) is 9.59 Å². The molecule has 0 unspecified atom stereocenters. The smallest absolute Gasteiger partial charge is 0.411 e. The fraction of sp³-hybridized carbons (Fsp3) is 0.654. The first-order chi connectivity index (χ1) is 15.8. The van der Waals surface area contributed by atoms with Crippen LogP contribution in [0.3, 0.4) is 0 Å². The van der Waals surface area contributed by atoms with Gasteiger partial charge in [0.1, 0.15) is 23.3 Å². The van der Waals surface area contributed by atoms with Crippen molar-refractivity contribution in [2.75, 3.05) is 26.2 Å². The molecule has 0 aliphatic carbocycles. The van der Waals surface area contributed by atoms with E-state index in [1.54, 1.807) is 48.5 Å². The standard InChI is InChI=1S/C26H40N2O6/c1-8-32-22(30)26(14-16-27(17-15-26)18-20-12-10-9-11-13-20)28(23(31)34-25(5,6)7)19-21(29)33-24(2,3)4/h9-13H,8,14-19H2,1-7H3. The molecule has 190 valence electrons. The second kappa shape index (κ2) is 11.2. The Morgan fingerprint density at radius 2 is 1.50 bits per heavy atom. The number of nitrogens with zero attached hydrogens (tertiary/aromatic N) is 2. The summed E-state index contributed by atoms with van der Waals surface area (Å²) in [6.07, 6.45) is -0.0931. The number of ether oxygens (including phenoxy) is 3. The van der Waals surface area contributed by atoms with Crippen LogP contribution in [-0.2, 0) is 30.3 Å². The van der Waals surface area contributed by atoms with Crippen LogP contribution in [0.1, 0.15) is 66.9 Å². The minimum absolute atomic E-state index is 0.170. The molecule has 2 rings (SSSR count). The monoisotopic (exact) mass is 476 g/mol. The number of hydrogen-bond donors (Lipinski definition) is 0. The molecule has 1 heterocycles. The molecular weight excluding hydrogens is 436 g/mol. The molecule has 0 N–H and O–H groups in total. The van der Waals surface area contributed by atoms with E-state index in [0.717, 1.165) is 6.54 Å². The highest BCUT2D eigenvalue weighted by Crippen LogP contribution is 2.33. The molecule has 1 saturated heterocycles. The normalized spacial score (nSPS) is 16.4. The summed E-state index contributed by atoms with van der Waals surface area (Å²) < 4.78 is 16.5. The molecule has 0 aromatic heterocycles. The molecule has 1 amide bonds. The molecular formula is C26H40N2O6. The lowest BCUT2D eigenvalue weighted by atomic mass is 9.85. The van der Waals surface area contributed by atoms with Gasteiger partial charge in [0.15, 0.2) is 0 Å². The first-order valence-corrected chi connectivity index (χ1v) is 11.9. The van der Waals surface area contributed by atoms with Crippen molar-refractivity contribution in [3.8, 4) is 0 Å². The lowest BCUT2D eigenvalue weighted by Crippen LogP contribution is -2.64. The van der Waals surface area contributed by atoms with Gasteiger partial charge in [0, 0.05) is 19.6 Å². The molecule has 1 aliphatic rings. The van der Waals surface area contributed by atoms with Crippen LogP contribution >= 0.6 is 0 Å². The number of amides is 1. The van der Waals surface area contributed by atoms with Crippen LogP contribution in [0, 0.1) is 0 Å². The highest BCUT2D eigenvalue weighted by atomic mass is 16.6. The first kappa shape index (κ1) is 27.6. The third-order valence-corrected chi connectivity index (χ3v) is 5.43. The number of hydrogen-bond acceptors (Lipinski definition) is 7. The third kappa shape index (κ3) is 8.01. The Kier molecular flexibility index (Phi) is 9.11. The van der Waals surface area contributed by atoms with Crippen molar-refractivity contribution in [3.05, 3.63) is 35.9 Å². The molecule has 8 nitrogen and oxygen atoms in total. The predicted molar refractivity (Wildman–Crippen MR) is 129 cm³/mol. The van der Waals surface area contributed by atoms with Gasteiger partial charge in [0.25, 0.3) is 0 Å². The van der Waals surface area contributed by atoms with E-state index < -0.39 is 41.3 Å². The van der Waals surface area contributed by atoms with E-state index in [4.69, 9.17) is 14.2 Å². The largest absolute Gasteiger partial charge is 0.464 e. The van der Waals surface area contributed by atoms with Crippen molar-refractivity contribution >= 4 is 18.0 Å². The van der Waals surface area contributed by atoms with Crippen molar-refractivity contribution in [3.63, 3.8) is 0 Å². The van der Waals surface area contributed by atoms with Crippen molar-refractivity contribution in [2.24, 2.45) is 0 Å². The molecule has 0 bridgehead atoms. The van der Waals surface area contributed by atoms with E-state index >= 15 is 0 Å². The van der Waals surface area contributed by atoms with Crippen LogP contribution in [0.4, 0.5) is 4.79 Å². The minimum Gasteiger partial charge on any atom is -0.464 e. The fourth-order valence-electron chi connectivity index (χ4n) is 3.98. The van der Waals surface area contributed by atoms with Crippen molar-refractivity contribution in [1.29, 1.82) is 0 Å². The second-order valence-corrected chi connectivity index (χ2v) is 10.7. The number of piperidine rings is 1. The summed E-state index contributed by atoms with van der Waals surface area (Å²) >= 11 is 0. The van der Waals surface area contributed by atoms with Gasteiger partial charge in [-0.05, 0) is 66.9 Å². The summed E-state index contributed by atoms with van der Waals surface area (Å²) in [4.78, 5) is 42.9.